The van der Waals surface area contributed by atoms with E-state index < -0.39 is 0 Å². The second-order valence-corrected chi connectivity index (χ2v) is 4.79. The van der Waals surface area contributed by atoms with Gasteiger partial charge in [-0.2, -0.15) is 0 Å². The molecule has 2 N–H and O–H groups in total. The highest BCUT2D eigenvalue weighted by Crippen LogP contribution is 2.17. The minimum Gasteiger partial charge on any atom is -0.322 e. The van der Waals surface area contributed by atoms with Crippen LogP contribution in [0.3, 0.4) is 0 Å². The first-order chi connectivity index (χ1) is 7.25. The van der Waals surface area contributed by atoms with Gasteiger partial charge in [0.25, 0.3) is 0 Å². The van der Waals surface area contributed by atoms with Crippen molar-refractivity contribution < 1.29 is 0 Å². The first-order valence-electron chi connectivity index (χ1n) is 4.52. The fraction of sp³-hybridized carbons (Fsp3) is 0.200. The van der Waals surface area contributed by atoms with Crippen LogP contribution in [0.2, 0.25) is 0 Å². The van der Waals surface area contributed by atoms with E-state index in [1.54, 1.807) is 0 Å². The van der Waals surface area contributed by atoms with E-state index in [0.717, 1.165) is 16.6 Å². The van der Waals surface area contributed by atoms with Crippen molar-refractivity contribution in [3.05, 3.63) is 45.4 Å². The van der Waals surface area contributed by atoms with Crippen molar-refractivity contribution >= 4 is 27.5 Å². The molecule has 2 aromatic rings. The maximum absolute atomic E-state index is 6.00. The van der Waals surface area contributed by atoms with E-state index in [9.17, 15) is 0 Å². The number of nitrogens with zero attached hydrogens (tertiary/aromatic N) is 2. The van der Waals surface area contributed by atoms with E-state index in [2.05, 4.69) is 37.6 Å². The summed E-state index contributed by atoms with van der Waals surface area (Å²) < 4.78 is 4.88. The highest BCUT2D eigenvalue weighted by Gasteiger charge is 2.09. The average Bonchev–Trinajstić information content (AvgIpc) is 2.74. The van der Waals surface area contributed by atoms with Crippen LogP contribution in [0.5, 0.6) is 0 Å². The lowest BCUT2D eigenvalue weighted by Gasteiger charge is -2.07. The first-order valence-corrected chi connectivity index (χ1v) is 6.15. The summed E-state index contributed by atoms with van der Waals surface area (Å²) in [6.07, 6.45) is 0.790. The Morgan fingerprint density at radius 2 is 2.07 bits per heavy atom. The quantitative estimate of drug-likeness (QED) is 0.942. The topological polar surface area (TPSA) is 51.8 Å². The molecule has 1 atom stereocenters. The second-order valence-electron chi connectivity index (χ2n) is 3.27. The van der Waals surface area contributed by atoms with Crippen LogP contribution in [-0.2, 0) is 6.42 Å². The summed E-state index contributed by atoms with van der Waals surface area (Å²) in [6.45, 7) is 0. The van der Waals surface area contributed by atoms with Crippen molar-refractivity contribution in [2.75, 3.05) is 0 Å². The van der Waals surface area contributed by atoms with Gasteiger partial charge >= 0.3 is 0 Å². The molecule has 0 aliphatic heterocycles. The maximum Gasteiger partial charge on any atom is 0.0925 e. The Bertz CT molecular complexity index is 413. The van der Waals surface area contributed by atoms with Crippen LogP contribution in [0.15, 0.2) is 34.1 Å². The monoisotopic (exact) mass is 283 g/mol. The minimum absolute atomic E-state index is 0.0649. The summed E-state index contributed by atoms with van der Waals surface area (Å²) in [5, 5.41) is 5.86. The Hall–Kier alpha value is -0.780. The lowest BCUT2D eigenvalue weighted by molar-refractivity contribution is 0.692. The molecule has 0 fully saturated rings. The molecule has 1 unspecified atom stereocenters. The zero-order chi connectivity index (χ0) is 10.7. The van der Waals surface area contributed by atoms with E-state index in [1.807, 2.05) is 17.5 Å². The lowest BCUT2D eigenvalue weighted by atomic mass is 10.1. The van der Waals surface area contributed by atoms with Gasteiger partial charge in [-0.05, 0) is 35.6 Å². The average molecular weight is 284 g/mol. The number of benzene rings is 1. The van der Waals surface area contributed by atoms with Crippen molar-refractivity contribution in [3.63, 3.8) is 0 Å². The van der Waals surface area contributed by atoms with Gasteiger partial charge < -0.3 is 5.73 Å². The van der Waals surface area contributed by atoms with Gasteiger partial charge in [-0.25, -0.2) is 0 Å². The lowest BCUT2D eigenvalue weighted by Crippen LogP contribution is -2.13. The van der Waals surface area contributed by atoms with Gasteiger partial charge in [-0.3, -0.25) is 0 Å². The molecule has 0 aliphatic carbocycles. The van der Waals surface area contributed by atoms with Gasteiger partial charge in [0, 0.05) is 9.85 Å². The molecule has 0 bridgehead atoms. The van der Waals surface area contributed by atoms with Gasteiger partial charge in [0.1, 0.15) is 0 Å². The number of aromatic nitrogens is 2. The Kier molecular flexibility index (Phi) is 3.45. The van der Waals surface area contributed by atoms with Crippen molar-refractivity contribution in [3.8, 4) is 0 Å². The molecular weight excluding hydrogens is 274 g/mol. The third-order valence-corrected chi connectivity index (χ3v) is 3.18. The third kappa shape index (κ3) is 2.84. The molecule has 78 valence electrons. The Morgan fingerprint density at radius 1 is 1.33 bits per heavy atom. The molecule has 5 heteroatoms. The molecule has 0 saturated carbocycles. The smallest absolute Gasteiger partial charge is 0.0925 e. The molecular formula is C10H10BrN3S. The third-order valence-electron chi connectivity index (χ3n) is 2.13. The van der Waals surface area contributed by atoms with E-state index in [4.69, 9.17) is 5.73 Å². The Labute approximate surface area is 101 Å². The molecule has 0 spiro atoms. The number of rotatable bonds is 3. The number of halogens is 1. The molecule has 0 saturated heterocycles. The summed E-state index contributed by atoms with van der Waals surface area (Å²) in [6, 6.07) is 8.08. The molecule has 0 radical (unpaired) electrons. The SMILES string of the molecule is NC(Cc1ccc(Br)cc1)c1csnn1. The van der Waals surface area contributed by atoms with Crippen LogP contribution in [0.1, 0.15) is 17.3 Å². The van der Waals surface area contributed by atoms with Crippen molar-refractivity contribution in [1.82, 2.24) is 9.59 Å². The number of hydrogen-bond donors (Lipinski definition) is 1. The molecule has 0 amide bonds. The van der Waals surface area contributed by atoms with Gasteiger partial charge in [-0.1, -0.05) is 32.6 Å². The minimum atomic E-state index is -0.0649. The zero-order valence-electron chi connectivity index (χ0n) is 7.93. The zero-order valence-corrected chi connectivity index (χ0v) is 10.3. The highest BCUT2D eigenvalue weighted by atomic mass is 79.9. The molecule has 0 aliphatic rings. The predicted molar refractivity (Wildman–Crippen MR) is 64.7 cm³/mol. The largest absolute Gasteiger partial charge is 0.322 e. The second kappa shape index (κ2) is 4.83. The summed E-state index contributed by atoms with van der Waals surface area (Å²) in [5.41, 5.74) is 8.07. The highest BCUT2D eigenvalue weighted by molar-refractivity contribution is 9.10. The van der Waals surface area contributed by atoms with Crippen LogP contribution >= 0.6 is 27.5 Å². The maximum atomic E-state index is 6.00. The molecule has 1 aromatic carbocycles. The van der Waals surface area contributed by atoms with Crippen LogP contribution in [-0.4, -0.2) is 9.59 Å². The van der Waals surface area contributed by atoms with Gasteiger partial charge in [0.15, 0.2) is 0 Å². The van der Waals surface area contributed by atoms with E-state index in [-0.39, 0.29) is 6.04 Å². The van der Waals surface area contributed by atoms with Crippen LogP contribution < -0.4 is 5.73 Å². The number of hydrogen-bond acceptors (Lipinski definition) is 4. The van der Waals surface area contributed by atoms with Gasteiger partial charge in [-0.15, -0.1) is 5.10 Å². The molecule has 3 nitrogen and oxygen atoms in total. The van der Waals surface area contributed by atoms with Crippen molar-refractivity contribution in [2.45, 2.75) is 12.5 Å². The predicted octanol–water partition coefficient (Wildman–Crippen LogP) is 2.54. The summed E-state index contributed by atoms with van der Waals surface area (Å²) in [7, 11) is 0. The van der Waals surface area contributed by atoms with Crippen LogP contribution in [0, 0.1) is 0 Å². The van der Waals surface area contributed by atoms with Gasteiger partial charge in [0.2, 0.25) is 0 Å². The van der Waals surface area contributed by atoms with Crippen molar-refractivity contribution in [2.24, 2.45) is 5.73 Å². The van der Waals surface area contributed by atoms with Crippen LogP contribution in [0.25, 0.3) is 0 Å². The Morgan fingerprint density at radius 3 is 2.67 bits per heavy atom. The summed E-state index contributed by atoms with van der Waals surface area (Å²) in [4.78, 5) is 0. The summed E-state index contributed by atoms with van der Waals surface area (Å²) >= 11 is 4.73. The molecule has 2 rings (SSSR count). The normalized spacial score (nSPS) is 12.7. The first kappa shape index (κ1) is 10.7. The molecule has 15 heavy (non-hydrogen) atoms. The van der Waals surface area contributed by atoms with E-state index in [0.29, 0.717) is 0 Å². The summed E-state index contributed by atoms with van der Waals surface area (Å²) in [5.74, 6) is 0. The van der Waals surface area contributed by atoms with Crippen LogP contribution in [0.4, 0.5) is 0 Å². The molecule has 1 aromatic heterocycles. The van der Waals surface area contributed by atoms with Gasteiger partial charge in [0.05, 0.1) is 11.7 Å². The van der Waals surface area contributed by atoms with E-state index in [1.165, 1.54) is 17.1 Å². The molecule has 1 heterocycles. The Balaban J connectivity index is 2.06. The fourth-order valence-corrected chi connectivity index (χ4v) is 2.10. The fourth-order valence-electron chi connectivity index (χ4n) is 1.31. The standard InChI is InChI=1S/C10H10BrN3S/c11-8-3-1-7(2-4-8)5-9(12)10-6-15-14-13-10/h1-4,6,9H,5,12H2. The number of nitrogens with two attached hydrogens (primary N) is 1. The van der Waals surface area contributed by atoms with Crippen molar-refractivity contribution in [1.29, 1.82) is 0 Å². The van der Waals surface area contributed by atoms with E-state index >= 15 is 0 Å².